The molecule has 8 rings (SSSR count). The third kappa shape index (κ3) is 3.90. The minimum atomic E-state index is 0.415. The maximum absolute atomic E-state index is 10.3. The molecular formula is C37H27NS2. The highest BCUT2D eigenvalue weighted by molar-refractivity contribution is 8.04. The summed E-state index contributed by atoms with van der Waals surface area (Å²) in [6, 6.07) is 24.2. The highest BCUT2D eigenvalue weighted by Crippen LogP contribution is 2.51. The molecule has 0 radical (unpaired) electrons. The summed E-state index contributed by atoms with van der Waals surface area (Å²) in [6.07, 6.45) is 20.9. The number of benzene rings is 3. The van der Waals surface area contributed by atoms with E-state index in [1.54, 1.807) is 5.57 Å². The highest BCUT2D eigenvalue weighted by Gasteiger charge is 2.34. The molecule has 0 spiro atoms. The Balaban J connectivity index is 1.31. The Morgan fingerprint density at radius 2 is 1.68 bits per heavy atom. The molecule has 4 aliphatic rings. The zero-order valence-corrected chi connectivity index (χ0v) is 23.7. The van der Waals surface area contributed by atoms with Crippen LogP contribution in [-0.2, 0) is 6.42 Å². The first-order valence-corrected chi connectivity index (χ1v) is 15.8. The fraction of sp³-hybridized carbons (Fsp3) is 0.162. The van der Waals surface area contributed by atoms with Gasteiger partial charge in [-0.05, 0) is 100 Å². The fourth-order valence-corrected chi connectivity index (χ4v) is 9.32. The van der Waals surface area contributed by atoms with E-state index in [0.717, 1.165) is 41.5 Å². The number of nitriles is 1. The van der Waals surface area contributed by atoms with E-state index in [4.69, 9.17) is 0 Å². The molecule has 3 aromatic carbocycles. The molecule has 0 saturated carbocycles. The van der Waals surface area contributed by atoms with Gasteiger partial charge in [0.1, 0.15) is 0 Å². The van der Waals surface area contributed by atoms with Crippen molar-refractivity contribution in [3.63, 3.8) is 0 Å². The van der Waals surface area contributed by atoms with E-state index >= 15 is 0 Å². The van der Waals surface area contributed by atoms with Crippen LogP contribution in [0.15, 0.2) is 108 Å². The Kier molecular flexibility index (Phi) is 5.80. The molecule has 0 N–H and O–H groups in total. The van der Waals surface area contributed by atoms with Gasteiger partial charge in [0.2, 0.25) is 0 Å². The monoisotopic (exact) mass is 549 g/mol. The third-order valence-corrected chi connectivity index (χ3v) is 11.2. The summed E-state index contributed by atoms with van der Waals surface area (Å²) < 4.78 is 1.35. The number of aryl methyl sites for hydroxylation is 1. The zero-order chi connectivity index (χ0) is 26.6. The van der Waals surface area contributed by atoms with Crippen molar-refractivity contribution in [2.24, 2.45) is 5.92 Å². The second-order valence-corrected chi connectivity index (χ2v) is 13.2. The van der Waals surface area contributed by atoms with Crippen LogP contribution in [0.4, 0.5) is 0 Å². The number of thioether (sulfide) groups is 1. The van der Waals surface area contributed by atoms with Crippen molar-refractivity contribution in [3.05, 3.63) is 129 Å². The van der Waals surface area contributed by atoms with Crippen LogP contribution < -0.4 is 0 Å². The molecule has 0 fully saturated rings. The lowest BCUT2D eigenvalue weighted by Gasteiger charge is -2.23. The minimum absolute atomic E-state index is 0.415. The van der Waals surface area contributed by atoms with Crippen molar-refractivity contribution in [1.29, 1.82) is 5.26 Å². The number of allylic oxidation sites excluding steroid dienone is 7. The molecule has 0 saturated heterocycles. The van der Waals surface area contributed by atoms with Gasteiger partial charge in [0.15, 0.2) is 0 Å². The van der Waals surface area contributed by atoms with Gasteiger partial charge >= 0.3 is 0 Å². The molecule has 0 bridgehead atoms. The Labute approximate surface area is 243 Å². The van der Waals surface area contributed by atoms with Crippen molar-refractivity contribution in [3.8, 4) is 28.3 Å². The van der Waals surface area contributed by atoms with Crippen molar-refractivity contribution in [1.82, 2.24) is 0 Å². The Morgan fingerprint density at radius 3 is 2.58 bits per heavy atom. The number of hydrogen-bond acceptors (Lipinski definition) is 3. The average Bonchev–Trinajstić information content (AvgIpc) is 3.58. The predicted molar refractivity (Wildman–Crippen MR) is 172 cm³/mol. The molecule has 1 aliphatic heterocycles. The van der Waals surface area contributed by atoms with Gasteiger partial charge < -0.3 is 0 Å². The van der Waals surface area contributed by atoms with E-state index in [2.05, 4.69) is 91.1 Å². The molecule has 0 amide bonds. The summed E-state index contributed by atoms with van der Waals surface area (Å²) in [4.78, 5) is 2.86. The minimum Gasteiger partial charge on any atom is -0.192 e. The summed E-state index contributed by atoms with van der Waals surface area (Å²) >= 11 is 3.90. The first-order chi connectivity index (χ1) is 19.8. The number of fused-ring (bicyclic) bond motifs is 5. The van der Waals surface area contributed by atoms with Crippen LogP contribution in [0.2, 0.25) is 0 Å². The number of nitrogens with zero attached hydrogens (tertiary/aromatic N) is 1. The van der Waals surface area contributed by atoms with Crippen LogP contribution in [-0.4, -0.2) is 5.25 Å². The summed E-state index contributed by atoms with van der Waals surface area (Å²) in [5, 5.41) is 12.1. The molecule has 3 heteroatoms. The van der Waals surface area contributed by atoms with Gasteiger partial charge in [0, 0.05) is 31.2 Å². The van der Waals surface area contributed by atoms with Gasteiger partial charge in [-0.1, -0.05) is 72.9 Å². The van der Waals surface area contributed by atoms with E-state index in [1.807, 2.05) is 41.3 Å². The summed E-state index contributed by atoms with van der Waals surface area (Å²) in [6.45, 7) is 0. The van der Waals surface area contributed by atoms with Crippen LogP contribution >= 0.6 is 23.1 Å². The summed E-state index contributed by atoms with van der Waals surface area (Å²) in [5.74, 6) is 0.484. The summed E-state index contributed by atoms with van der Waals surface area (Å²) in [5.41, 5.74) is 10.7. The molecule has 1 aromatic heterocycles. The molecule has 2 heterocycles. The second kappa shape index (κ2) is 9.66. The van der Waals surface area contributed by atoms with Gasteiger partial charge in [-0.15, -0.1) is 23.1 Å². The van der Waals surface area contributed by atoms with Crippen molar-refractivity contribution >= 4 is 44.8 Å². The molecule has 2 atom stereocenters. The molecule has 2 unspecified atom stereocenters. The largest absolute Gasteiger partial charge is 0.192 e. The SMILES string of the molecule is N#Cc1cc(C2=CC3SC4=C(CCC=C4)C3C=C2)c(-c2ccc3sc4c(c3c2)CCC=C4)cc1-c1ccccc1. The van der Waals surface area contributed by atoms with Gasteiger partial charge in [-0.25, -0.2) is 0 Å². The van der Waals surface area contributed by atoms with Crippen LogP contribution in [0.25, 0.3) is 44.0 Å². The van der Waals surface area contributed by atoms with Gasteiger partial charge in [-0.3, -0.25) is 0 Å². The van der Waals surface area contributed by atoms with Crippen LogP contribution in [0.5, 0.6) is 0 Å². The third-order valence-electron chi connectivity index (χ3n) is 8.65. The number of rotatable bonds is 3. The molecule has 1 nitrogen and oxygen atoms in total. The predicted octanol–water partition coefficient (Wildman–Crippen LogP) is 10.4. The first-order valence-electron chi connectivity index (χ1n) is 14.1. The second-order valence-electron chi connectivity index (χ2n) is 10.9. The molecule has 3 aliphatic carbocycles. The summed E-state index contributed by atoms with van der Waals surface area (Å²) in [7, 11) is 0. The Morgan fingerprint density at radius 1 is 0.800 bits per heavy atom. The maximum atomic E-state index is 10.3. The number of hydrogen-bond donors (Lipinski definition) is 0. The van der Waals surface area contributed by atoms with Crippen LogP contribution in [0.1, 0.15) is 40.8 Å². The van der Waals surface area contributed by atoms with Gasteiger partial charge in [0.25, 0.3) is 0 Å². The van der Waals surface area contributed by atoms with Gasteiger partial charge in [-0.2, -0.15) is 5.26 Å². The lowest BCUT2D eigenvalue weighted by Crippen LogP contribution is -2.14. The molecular weight excluding hydrogens is 523 g/mol. The maximum Gasteiger partial charge on any atom is 0.0998 e. The van der Waals surface area contributed by atoms with Gasteiger partial charge in [0.05, 0.1) is 11.6 Å². The lowest BCUT2D eigenvalue weighted by molar-refractivity contribution is 0.739. The topological polar surface area (TPSA) is 23.8 Å². The molecule has 192 valence electrons. The first kappa shape index (κ1) is 24.0. The quantitative estimate of drug-likeness (QED) is 0.254. The van der Waals surface area contributed by atoms with E-state index in [9.17, 15) is 5.26 Å². The highest BCUT2D eigenvalue weighted by atomic mass is 32.2. The van der Waals surface area contributed by atoms with Crippen molar-refractivity contribution < 1.29 is 0 Å². The smallest absolute Gasteiger partial charge is 0.0998 e. The van der Waals surface area contributed by atoms with E-state index in [0.29, 0.717) is 11.2 Å². The van der Waals surface area contributed by atoms with E-state index in [-0.39, 0.29) is 0 Å². The van der Waals surface area contributed by atoms with E-state index < -0.39 is 0 Å². The van der Waals surface area contributed by atoms with Crippen molar-refractivity contribution in [2.45, 2.75) is 30.9 Å². The molecule has 4 aromatic rings. The Bertz CT molecular complexity index is 1890. The lowest BCUT2D eigenvalue weighted by atomic mass is 9.82. The standard InChI is InChI=1S/C37H27NS2/c38-22-26-19-31(25-14-16-29-27-10-4-6-12-34(27)40-37(29)20-25)32(21-30(26)23-8-2-1-3-9-23)24-15-17-36-33(18-24)28-11-5-7-13-35(28)39-36/h1-3,6-9,12-21,29,37H,4-5,10-11H2. The van der Waals surface area contributed by atoms with E-state index in [1.165, 1.54) is 48.6 Å². The number of thiophene rings is 1. The van der Waals surface area contributed by atoms with Crippen LogP contribution in [0, 0.1) is 17.2 Å². The molecule has 40 heavy (non-hydrogen) atoms. The zero-order valence-electron chi connectivity index (χ0n) is 22.1. The van der Waals surface area contributed by atoms with Crippen LogP contribution in [0.3, 0.4) is 0 Å². The fourth-order valence-electron chi connectivity index (χ4n) is 6.68. The normalized spacial score (nSPS) is 20.7. The Hall–Kier alpha value is -3.84. The van der Waals surface area contributed by atoms with Crippen molar-refractivity contribution in [2.75, 3.05) is 0 Å². The average molecular weight is 550 g/mol.